The Labute approximate surface area is 110 Å². The van der Waals surface area contributed by atoms with Crippen LogP contribution in [0.3, 0.4) is 0 Å². The molecule has 0 radical (unpaired) electrons. The Balaban J connectivity index is 2.96. The molecule has 0 saturated carbocycles. The first-order valence-corrected chi connectivity index (χ1v) is 5.58. The van der Waals surface area contributed by atoms with Crippen molar-refractivity contribution in [1.82, 2.24) is 0 Å². The van der Waals surface area contributed by atoms with E-state index in [1.165, 1.54) is 18.7 Å². The Bertz CT molecular complexity index is 466. The Morgan fingerprint density at radius 1 is 1.50 bits per heavy atom. The second-order valence-corrected chi connectivity index (χ2v) is 3.50. The summed E-state index contributed by atoms with van der Waals surface area (Å²) in [4.78, 5) is 10.5. The van der Waals surface area contributed by atoms with Gasteiger partial charge in [0, 0.05) is 17.2 Å². The molecule has 0 aliphatic carbocycles. The van der Waals surface area contributed by atoms with E-state index < -0.39 is 5.97 Å². The quantitative estimate of drug-likeness (QED) is 0.806. The van der Waals surface area contributed by atoms with Gasteiger partial charge in [-0.3, -0.25) is 0 Å². The first kappa shape index (κ1) is 14.1. The van der Waals surface area contributed by atoms with Gasteiger partial charge >= 0.3 is 5.97 Å². The first-order valence-electron chi connectivity index (χ1n) is 5.14. The summed E-state index contributed by atoms with van der Waals surface area (Å²) in [5, 5.41) is 8.62. The molecule has 0 aromatic heterocycles. The van der Waals surface area contributed by atoms with E-state index in [2.05, 4.69) is 0 Å². The number of hydrogen-bond acceptors (Lipinski definition) is 3. The van der Waals surface area contributed by atoms with Gasteiger partial charge in [-0.2, -0.15) is 0 Å². The van der Waals surface area contributed by atoms with Crippen LogP contribution in [-0.2, 0) is 4.79 Å². The molecule has 0 fully saturated rings. The van der Waals surface area contributed by atoms with E-state index in [0.29, 0.717) is 23.7 Å². The van der Waals surface area contributed by atoms with Crippen LogP contribution in [0, 0.1) is 0 Å². The van der Waals surface area contributed by atoms with E-state index >= 15 is 0 Å². The lowest BCUT2D eigenvalue weighted by atomic mass is 10.1. The molecule has 4 nitrogen and oxygen atoms in total. The van der Waals surface area contributed by atoms with Gasteiger partial charge < -0.3 is 14.6 Å². The molecule has 5 heteroatoms. The highest BCUT2D eigenvalue weighted by molar-refractivity contribution is 6.25. The summed E-state index contributed by atoms with van der Waals surface area (Å²) >= 11 is 5.39. The fourth-order valence-corrected chi connectivity index (χ4v) is 1.32. The fraction of sp³-hybridized carbons (Fsp3) is 0.154. The van der Waals surface area contributed by atoms with Gasteiger partial charge in [0.2, 0.25) is 0 Å². The average molecular weight is 269 g/mol. The number of rotatable bonds is 6. The maximum atomic E-state index is 10.5. The van der Waals surface area contributed by atoms with Crippen molar-refractivity contribution in [2.45, 2.75) is 0 Å². The normalized spacial score (nSPS) is 11.0. The molecule has 1 aromatic carbocycles. The summed E-state index contributed by atoms with van der Waals surface area (Å²) in [7, 11) is 1.54. The molecular weight excluding hydrogens is 256 g/mol. The molecule has 0 spiro atoms. The van der Waals surface area contributed by atoms with Crippen LogP contribution in [-0.4, -0.2) is 24.8 Å². The smallest absolute Gasteiger partial charge is 0.328 e. The molecule has 0 aliphatic heterocycles. The summed E-state index contributed by atoms with van der Waals surface area (Å²) < 4.78 is 10.5. The van der Waals surface area contributed by atoms with Crippen molar-refractivity contribution in [1.29, 1.82) is 0 Å². The maximum Gasteiger partial charge on any atom is 0.328 e. The summed E-state index contributed by atoms with van der Waals surface area (Å²) in [6, 6.07) is 5.14. The molecule has 0 atom stereocenters. The number of benzene rings is 1. The molecule has 0 amide bonds. The standard InChI is InChI=1S/C13H13ClO4/c1-17-11-4-5-12(18-8-2-7-14)10(9-11)3-6-13(15)16/h2-7,9H,8H2,1H3,(H,15,16)/b6-3+,7-2+. The lowest BCUT2D eigenvalue weighted by molar-refractivity contribution is -0.131. The van der Waals surface area contributed by atoms with E-state index in [1.54, 1.807) is 24.3 Å². The van der Waals surface area contributed by atoms with Crippen molar-refractivity contribution < 1.29 is 19.4 Å². The number of carboxylic acids is 1. The zero-order chi connectivity index (χ0) is 13.4. The van der Waals surface area contributed by atoms with Crippen molar-refractivity contribution in [3.63, 3.8) is 0 Å². The Hall–Kier alpha value is -1.94. The van der Waals surface area contributed by atoms with E-state index in [4.69, 9.17) is 26.2 Å². The maximum absolute atomic E-state index is 10.5. The van der Waals surface area contributed by atoms with Crippen molar-refractivity contribution in [2.75, 3.05) is 13.7 Å². The van der Waals surface area contributed by atoms with Gasteiger partial charge in [0.15, 0.2) is 0 Å². The minimum absolute atomic E-state index is 0.309. The predicted octanol–water partition coefficient (Wildman–Crippen LogP) is 2.92. The monoisotopic (exact) mass is 268 g/mol. The molecule has 0 unspecified atom stereocenters. The van der Waals surface area contributed by atoms with Gasteiger partial charge in [0.1, 0.15) is 18.1 Å². The average Bonchev–Trinajstić information content (AvgIpc) is 2.37. The molecule has 0 saturated heterocycles. The van der Waals surface area contributed by atoms with Gasteiger partial charge in [-0.25, -0.2) is 4.79 Å². The third-order valence-corrected chi connectivity index (χ3v) is 2.22. The number of hydrogen-bond donors (Lipinski definition) is 1. The van der Waals surface area contributed by atoms with E-state index in [9.17, 15) is 4.79 Å². The summed E-state index contributed by atoms with van der Waals surface area (Å²) in [5.74, 6) is 0.160. The summed E-state index contributed by atoms with van der Waals surface area (Å²) in [6.45, 7) is 0.309. The van der Waals surface area contributed by atoms with Crippen LogP contribution in [0.2, 0.25) is 0 Å². The van der Waals surface area contributed by atoms with Crippen LogP contribution in [0.1, 0.15) is 5.56 Å². The van der Waals surface area contributed by atoms with Crippen LogP contribution < -0.4 is 9.47 Å². The SMILES string of the molecule is COc1ccc(OC/C=C/Cl)c(/C=C/C(=O)O)c1. The molecule has 18 heavy (non-hydrogen) atoms. The predicted molar refractivity (Wildman–Crippen MR) is 70.2 cm³/mol. The summed E-state index contributed by atoms with van der Waals surface area (Å²) in [5.41, 5.74) is 1.98. The van der Waals surface area contributed by atoms with Gasteiger partial charge in [0.25, 0.3) is 0 Å². The third-order valence-electron chi connectivity index (χ3n) is 2.05. The van der Waals surface area contributed by atoms with Crippen LogP contribution in [0.25, 0.3) is 6.08 Å². The van der Waals surface area contributed by atoms with Crippen molar-refractivity contribution in [2.24, 2.45) is 0 Å². The number of carboxylic acid groups (broad SMARTS) is 1. The third kappa shape index (κ3) is 4.51. The second-order valence-electron chi connectivity index (χ2n) is 3.25. The topological polar surface area (TPSA) is 55.8 Å². The van der Waals surface area contributed by atoms with Crippen LogP contribution >= 0.6 is 11.6 Å². The van der Waals surface area contributed by atoms with E-state index in [-0.39, 0.29) is 0 Å². The van der Waals surface area contributed by atoms with Crippen molar-refractivity contribution >= 4 is 23.6 Å². The van der Waals surface area contributed by atoms with Gasteiger partial charge in [-0.1, -0.05) is 11.6 Å². The second kappa shape index (κ2) is 7.40. The Morgan fingerprint density at radius 2 is 2.28 bits per heavy atom. The summed E-state index contributed by atoms with van der Waals surface area (Å²) in [6.07, 6.45) is 4.13. The minimum atomic E-state index is -1.02. The van der Waals surface area contributed by atoms with E-state index in [0.717, 1.165) is 6.08 Å². The van der Waals surface area contributed by atoms with Crippen molar-refractivity contribution in [3.05, 3.63) is 41.4 Å². The number of carbonyl (C=O) groups is 1. The van der Waals surface area contributed by atoms with Crippen LogP contribution in [0.4, 0.5) is 0 Å². The van der Waals surface area contributed by atoms with Crippen LogP contribution in [0.15, 0.2) is 35.9 Å². The zero-order valence-corrected chi connectivity index (χ0v) is 10.6. The highest BCUT2D eigenvalue weighted by Gasteiger charge is 2.03. The minimum Gasteiger partial charge on any atom is -0.497 e. The van der Waals surface area contributed by atoms with Gasteiger partial charge in [0.05, 0.1) is 7.11 Å². The number of ether oxygens (including phenoxy) is 2. The first-order chi connectivity index (χ1) is 8.67. The Kier molecular flexibility index (Phi) is 5.80. The molecule has 1 aromatic rings. The molecule has 0 heterocycles. The van der Waals surface area contributed by atoms with Crippen LogP contribution in [0.5, 0.6) is 11.5 Å². The molecular formula is C13H13ClO4. The number of methoxy groups -OCH3 is 1. The molecule has 0 aliphatic rings. The number of halogens is 1. The highest BCUT2D eigenvalue weighted by Crippen LogP contribution is 2.25. The fourth-order valence-electron chi connectivity index (χ4n) is 1.25. The Morgan fingerprint density at radius 3 is 2.89 bits per heavy atom. The number of aliphatic carboxylic acids is 1. The van der Waals surface area contributed by atoms with Gasteiger partial charge in [-0.15, -0.1) is 0 Å². The highest BCUT2D eigenvalue weighted by atomic mass is 35.5. The molecule has 96 valence electrons. The lowest BCUT2D eigenvalue weighted by Crippen LogP contribution is -1.96. The molecule has 1 rings (SSSR count). The molecule has 0 bridgehead atoms. The largest absolute Gasteiger partial charge is 0.497 e. The van der Waals surface area contributed by atoms with Gasteiger partial charge in [-0.05, 0) is 30.4 Å². The zero-order valence-electron chi connectivity index (χ0n) is 9.80. The van der Waals surface area contributed by atoms with E-state index in [1.807, 2.05) is 0 Å². The van der Waals surface area contributed by atoms with Crippen molar-refractivity contribution in [3.8, 4) is 11.5 Å². The molecule has 1 N–H and O–H groups in total. The lowest BCUT2D eigenvalue weighted by Gasteiger charge is -2.09.